The smallest absolute Gasteiger partial charge is 0.154 e. The van der Waals surface area contributed by atoms with Crippen LogP contribution in [0.4, 0.5) is 10.1 Å². The van der Waals surface area contributed by atoms with Crippen molar-refractivity contribution < 1.29 is 9.13 Å². The summed E-state index contributed by atoms with van der Waals surface area (Å²) in [4.78, 5) is 4.77. The van der Waals surface area contributed by atoms with Gasteiger partial charge in [-0.25, -0.2) is 9.38 Å². The fourth-order valence-electron chi connectivity index (χ4n) is 3.25. The molecule has 1 heterocycles. The normalized spacial score (nSPS) is 12.9. The lowest BCUT2D eigenvalue weighted by Crippen LogP contribution is -2.19. The van der Waals surface area contributed by atoms with Crippen molar-refractivity contribution in [3.8, 4) is 5.75 Å². The predicted molar refractivity (Wildman–Crippen MR) is 119 cm³/mol. The molecule has 0 fully saturated rings. The van der Waals surface area contributed by atoms with E-state index in [1.54, 1.807) is 12.1 Å². The summed E-state index contributed by atoms with van der Waals surface area (Å²) in [6.07, 6.45) is 2.14. The van der Waals surface area contributed by atoms with Gasteiger partial charge in [-0.05, 0) is 74.0 Å². The fraction of sp³-hybridized carbons (Fsp3) is 0.200. The molecule has 0 spiro atoms. The molecular formula is C25H24FN3O. The Morgan fingerprint density at radius 1 is 0.933 bits per heavy atom. The zero-order valence-corrected chi connectivity index (χ0v) is 17.2. The van der Waals surface area contributed by atoms with E-state index in [1.807, 2.05) is 43.3 Å². The minimum Gasteiger partial charge on any atom is -0.494 e. The molecule has 0 radical (unpaired) electrons. The van der Waals surface area contributed by atoms with Gasteiger partial charge in [0.25, 0.3) is 0 Å². The van der Waals surface area contributed by atoms with E-state index < -0.39 is 0 Å². The Hall–Kier alpha value is -3.47. The van der Waals surface area contributed by atoms with E-state index in [1.165, 1.54) is 12.1 Å². The number of fused-ring (bicyclic) bond motifs is 1. The number of hydrogen-bond donors (Lipinski definition) is 1. The third-order valence-corrected chi connectivity index (χ3v) is 4.93. The Balaban J connectivity index is 1.69. The standard InChI is InChI=1S/C25H24FN3O/c1-3-4-15-30-21-12-8-18(9-13-21)24-22-16-17(2)5-14-23(22)27-25(29-28-24)19-6-10-20(26)11-7-19/h5-14,16H,3-4,15H2,1-2H3,(H,27,29). The van der Waals surface area contributed by atoms with Crippen LogP contribution in [0.1, 0.15) is 42.0 Å². The summed E-state index contributed by atoms with van der Waals surface area (Å²) < 4.78 is 19.1. The van der Waals surface area contributed by atoms with Crippen molar-refractivity contribution in [3.05, 3.63) is 94.8 Å². The van der Waals surface area contributed by atoms with Gasteiger partial charge in [-0.3, -0.25) is 5.43 Å². The number of aryl methyl sites for hydroxylation is 1. The lowest BCUT2D eigenvalue weighted by atomic mass is 9.99. The van der Waals surface area contributed by atoms with Gasteiger partial charge in [0.2, 0.25) is 0 Å². The Morgan fingerprint density at radius 3 is 2.40 bits per heavy atom. The van der Waals surface area contributed by atoms with Crippen molar-refractivity contribution in [2.24, 2.45) is 10.1 Å². The molecule has 4 nitrogen and oxygen atoms in total. The molecule has 30 heavy (non-hydrogen) atoms. The minimum atomic E-state index is -0.283. The summed E-state index contributed by atoms with van der Waals surface area (Å²) in [6.45, 7) is 4.91. The maximum Gasteiger partial charge on any atom is 0.154 e. The first-order chi connectivity index (χ1) is 14.6. The second-order valence-electron chi connectivity index (χ2n) is 7.29. The number of nitrogens with one attached hydrogen (secondary N) is 1. The first-order valence-corrected chi connectivity index (χ1v) is 10.2. The highest BCUT2D eigenvalue weighted by Gasteiger charge is 2.17. The van der Waals surface area contributed by atoms with Crippen LogP contribution in [0.5, 0.6) is 5.75 Å². The maximum atomic E-state index is 13.3. The summed E-state index contributed by atoms with van der Waals surface area (Å²) in [6, 6.07) is 20.3. The monoisotopic (exact) mass is 401 g/mol. The summed E-state index contributed by atoms with van der Waals surface area (Å²) in [5.74, 6) is 1.14. The average Bonchev–Trinajstić information content (AvgIpc) is 2.94. The Bertz CT molecular complexity index is 1090. The maximum absolute atomic E-state index is 13.3. The molecule has 0 saturated heterocycles. The van der Waals surface area contributed by atoms with E-state index in [4.69, 9.17) is 9.73 Å². The molecule has 152 valence electrons. The molecule has 5 heteroatoms. The van der Waals surface area contributed by atoms with Crippen LogP contribution in [0.3, 0.4) is 0 Å². The molecule has 1 N–H and O–H groups in total. The molecule has 0 bridgehead atoms. The third-order valence-electron chi connectivity index (χ3n) is 4.93. The minimum absolute atomic E-state index is 0.283. The lowest BCUT2D eigenvalue weighted by molar-refractivity contribution is 0.309. The van der Waals surface area contributed by atoms with Crippen molar-refractivity contribution in [2.75, 3.05) is 6.61 Å². The number of benzene rings is 3. The Kier molecular flexibility index (Phi) is 5.89. The van der Waals surface area contributed by atoms with Gasteiger partial charge in [-0.15, -0.1) is 0 Å². The molecule has 1 aliphatic heterocycles. The van der Waals surface area contributed by atoms with E-state index in [0.717, 1.165) is 58.9 Å². The van der Waals surface area contributed by atoms with Gasteiger partial charge in [0.15, 0.2) is 5.84 Å². The third kappa shape index (κ3) is 4.40. The summed E-state index contributed by atoms with van der Waals surface area (Å²) in [5.41, 5.74) is 8.49. The van der Waals surface area contributed by atoms with Gasteiger partial charge in [-0.1, -0.05) is 25.0 Å². The molecule has 3 aromatic carbocycles. The van der Waals surface area contributed by atoms with Gasteiger partial charge in [-0.2, -0.15) is 5.10 Å². The number of halogens is 1. The number of hydrogen-bond acceptors (Lipinski definition) is 4. The van der Waals surface area contributed by atoms with Crippen molar-refractivity contribution in [2.45, 2.75) is 26.7 Å². The first-order valence-electron chi connectivity index (χ1n) is 10.2. The number of ether oxygens (including phenoxy) is 1. The van der Waals surface area contributed by atoms with Crippen LogP contribution >= 0.6 is 0 Å². The number of nitrogens with zero attached hydrogens (tertiary/aromatic N) is 2. The number of hydrazone groups is 1. The van der Waals surface area contributed by atoms with E-state index in [0.29, 0.717) is 5.84 Å². The summed E-state index contributed by atoms with van der Waals surface area (Å²) in [7, 11) is 0. The SMILES string of the molecule is CCCCOc1ccc(C2=NNC(c3ccc(F)cc3)=Nc3ccc(C)cc32)cc1. The second kappa shape index (κ2) is 8.91. The topological polar surface area (TPSA) is 46.0 Å². The number of rotatable bonds is 6. The van der Waals surface area contributed by atoms with Crippen LogP contribution in [0.2, 0.25) is 0 Å². The van der Waals surface area contributed by atoms with Crippen LogP contribution < -0.4 is 10.2 Å². The lowest BCUT2D eigenvalue weighted by Gasteiger charge is -2.10. The van der Waals surface area contributed by atoms with Crippen LogP contribution in [0.15, 0.2) is 76.8 Å². The molecule has 0 aromatic heterocycles. The first kappa shape index (κ1) is 19.8. The zero-order chi connectivity index (χ0) is 20.9. The van der Waals surface area contributed by atoms with Gasteiger partial charge in [0.1, 0.15) is 11.6 Å². The van der Waals surface area contributed by atoms with Gasteiger partial charge < -0.3 is 4.74 Å². The van der Waals surface area contributed by atoms with Crippen LogP contribution in [-0.2, 0) is 0 Å². The number of amidine groups is 1. The Labute approximate surface area is 176 Å². The number of aliphatic imine (C=N–C) groups is 1. The van der Waals surface area contributed by atoms with Crippen molar-refractivity contribution in [1.82, 2.24) is 5.43 Å². The van der Waals surface area contributed by atoms with Crippen LogP contribution in [0, 0.1) is 12.7 Å². The quantitative estimate of drug-likeness (QED) is 0.535. The summed E-state index contributed by atoms with van der Waals surface area (Å²) in [5, 5.41) is 4.66. The highest BCUT2D eigenvalue weighted by Crippen LogP contribution is 2.27. The molecule has 0 saturated carbocycles. The Morgan fingerprint density at radius 2 is 1.67 bits per heavy atom. The van der Waals surface area contributed by atoms with Crippen LogP contribution in [0.25, 0.3) is 0 Å². The van der Waals surface area contributed by atoms with Crippen molar-refractivity contribution >= 4 is 17.2 Å². The molecule has 0 amide bonds. The second-order valence-corrected chi connectivity index (χ2v) is 7.29. The van der Waals surface area contributed by atoms with E-state index in [9.17, 15) is 4.39 Å². The molecule has 0 atom stereocenters. The molecule has 4 rings (SSSR count). The summed E-state index contributed by atoms with van der Waals surface area (Å²) >= 11 is 0. The highest BCUT2D eigenvalue weighted by atomic mass is 19.1. The van der Waals surface area contributed by atoms with Crippen molar-refractivity contribution in [1.29, 1.82) is 0 Å². The molecule has 1 aliphatic rings. The predicted octanol–water partition coefficient (Wildman–Crippen LogP) is 5.75. The van der Waals surface area contributed by atoms with Crippen molar-refractivity contribution in [3.63, 3.8) is 0 Å². The molecule has 0 aliphatic carbocycles. The van der Waals surface area contributed by atoms with Gasteiger partial charge >= 0.3 is 0 Å². The van der Waals surface area contributed by atoms with Crippen LogP contribution in [-0.4, -0.2) is 18.2 Å². The van der Waals surface area contributed by atoms with E-state index in [2.05, 4.69) is 23.5 Å². The molecular weight excluding hydrogens is 377 g/mol. The highest BCUT2D eigenvalue weighted by molar-refractivity contribution is 6.18. The fourth-order valence-corrected chi connectivity index (χ4v) is 3.25. The van der Waals surface area contributed by atoms with Gasteiger partial charge in [0, 0.05) is 16.7 Å². The molecule has 0 unspecified atom stereocenters. The average molecular weight is 401 g/mol. The molecule has 3 aromatic rings. The van der Waals surface area contributed by atoms with Gasteiger partial charge in [0.05, 0.1) is 18.0 Å². The zero-order valence-electron chi connectivity index (χ0n) is 17.2. The number of unbranched alkanes of at least 4 members (excludes halogenated alkanes) is 1. The van der Waals surface area contributed by atoms with E-state index in [-0.39, 0.29) is 5.82 Å². The van der Waals surface area contributed by atoms with E-state index >= 15 is 0 Å². The largest absolute Gasteiger partial charge is 0.494 e.